The molecule has 2 amide bonds. The molecule has 0 unspecified atom stereocenters. The van der Waals surface area contributed by atoms with Crippen LogP contribution >= 0.6 is 0 Å². The standard InChI is InChI=1S/C22H21F3N2O2/c23-22(24,25)18-8-6-16(7-9-18)19(28)26-12-14-27(15-13-26)20(29)21(10-11-21)17-4-2-1-3-5-17/h1-9H,10-15H2. The number of amides is 2. The molecular weight excluding hydrogens is 381 g/mol. The van der Waals surface area contributed by atoms with Gasteiger partial charge in [-0.25, -0.2) is 0 Å². The van der Waals surface area contributed by atoms with Gasteiger partial charge in [-0.05, 0) is 42.7 Å². The Bertz CT molecular complexity index is 898. The number of piperazine rings is 1. The Balaban J connectivity index is 1.38. The van der Waals surface area contributed by atoms with E-state index in [1.54, 1.807) is 9.80 Å². The first-order valence-corrected chi connectivity index (χ1v) is 9.63. The van der Waals surface area contributed by atoms with Crippen molar-refractivity contribution in [2.45, 2.75) is 24.4 Å². The number of alkyl halides is 3. The second-order valence-electron chi connectivity index (χ2n) is 7.61. The number of hydrogen-bond acceptors (Lipinski definition) is 2. The highest BCUT2D eigenvalue weighted by molar-refractivity contribution is 5.95. The fraction of sp³-hybridized carbons (Fsp3) is 0.364. The molecule has 0 atom stereocenters. The Morgan fingerprint density at radius 3 is 1.86 bits per heavy atom. The van der Waals surface area contributed by atoms with E-state index < -0.39 is 17.2 Å². The molecule has 0 aromatic heterocycles. The highest BCUT2D eigenvalue weighted by Crippen LogP contribution is 2.49. The molecule has 1 saturated heterocycles. The van der Waals surface area contributed by atoms with Crippen molar-refractivity contribution in [2.24, 2.45) is 0 Å². The Kier molecular flexibility index (Phi) is 4.84. The van der Waals surface area contributed by atoms with Gasteiger partial charge < -0.3 is 9.80 Å². The van der Waals surface area contributed by atoms with E-state index in [0.717, 1.165) is 30.5 Å². The van der Waals surface area contributed by atoms with Crippen LogP contribution in [0.4, 0.5) is 13.2 Å². The molecule has 0 spiro atoms. The van der Waals surface area contributed by atoms with Gasteiger partial charge in [-0.15, -0.1) is 0 Å². The van der Waals surface area contributed by atoms with E-state index in [4.69, 9.17) is 0 Å². The van der Waals surface area contributed by atoms with E-state index in [1.165, 1.54) is 12.1 Å². The van der Waals surface area contributed by atoms with Crippen molar-refractivity contribution < 1.29 is 22.8 Å². The van der Waals surface area contributed by atoms with Gasteiger partial charge in [0.25, 0.3) is 5.91 Å². The zero-order chi connectivity index (χ0) is 20.6. The molecule has 1 saturated carbocycles. The zero-order valence-corrected chi connectivity index (χ0v) is 15.8. The summed E-state index contributed by atoms with van der Waals surface area (Å²) in [5.41, 5.74) is 0.0509. The van der Waals surface area contributed by atoms with Gasteiger partial charge >= 0.3 is 6.18 Å². The molecule has 2 aliphatic rings. The lowest BCUT2D eigenvalue weighted by molar-refractivity contribution is -0.137. The van der Waals surface area contributed by atoms with Crippen molar-refractivity contribution in [3.63, 3.8) is 0 Å². The first-order chi connectivity index (χ1) is 13.8. The summed E-state index contributed by atoms with van der Waals surface area (Å²) in [5, 5.41) is 0. The summed E-state index contributed by atoms with van der Waals surface area (Å²) < 4.78 is 38.1. The molecule has 0 bridgehead atoms. The third-order valence-electron chi connectivity index (χ3n) is 5.80. The lowest BCUT2D eigenvalue weighted by Crippen LogP contribution is -2.53. The molecule has 1 heterocycles. The molecular formula is C22H21F3N2O2. The Labute approximate surface area is 166 Å². The van der Waals surface area contributed by atoms with Crippen LogP contribution < -0.4 is 0 Å². The first-order valence-electron chi connectivity index (χ1n) is 9.63. The van der Waals surface area contributed by atoms with Gasteiger partial charge in [0.1, 0.15) is 0 Å². The summed E-state index contributed by atoms with van der Waals surface area (Å²) in [6.45, 7) is 1.60. The van der Waals surface area contributed by atoms with E-state index in [0.29, 0.717) is 26.2 Å². The summed E-state index contributed by atoms with van der Waals surface area (Å²) in [6.07, 6.45) is -2.76. The Morgan fingerprint density at radius 2 is 1.34 bits per heavy atom. The molecule has 4 rings (SSSR count). The van der Waals surface area contributed by atoms with Crippen LogP contribution in [0.1, 0.15) is 34.3 Å². The van der Waals surface area contributed by atoms with Gasteiger partial charge in [0, 0.05) is 31.7 Å². The minimum atomic E-state index is -4.43. The number of halogens is 3. The molecule has 1 aliphatic carbocycles. The van der Waals surface area contributed by atoms with Crippen molar-refractivity contribution in [2.75, 3.05) is 26.2 Å². The van der Waals surface area contributed by atoms with Gasteiger partial charge in [0.05, 0.1) is 11.0 Å². The third kappa shape index (κ3) is 3.73. The first kappa shape index (κ1) is 19.5. The normalized spacial score (nSPS) is 18.4. The average molecular weight is 402 g/mol. The predicted molar refractivity (Wildman–Crippen MR) is 101 cm³/mol. The van der Waals surface area contributed by atoms with Crippen molar-refractivity contribution in [1.29, 1.82) is 0 Å². The number of benzene rings is 2. The van der Waals surface area contributed by atoms with E-state index in [9.17, 15) is 22.8 Å². The molecule has 0 N–H and O–H groups in total. The van der Waals surface area contributed by atoms with E-state index in [2.05, 4.69) is 0 Å². The zero-order valence-electron chi connectivity index (χ0n) is 15.8. The maximum absolute atomic E-state index is 13.1. The fourth-order valence-electron chi connectivity index (χ4n) is 3.91. The number of carbonyl (C=O) groups is 2. The van der Waals surface area contributed by atoms with E-state index in [1.807, 2.05) is 30.3 Å². The summed E-state index contributed by atoms with van der Waals surface area (Å²) in [7, 11) is 0. The molecule has 4 nitrogen and oxygen atoms in total. The minimum absolute atomic E-state index is 0.102. The third-order valence-corrected chi connectivity index (χ3v) is 5.80. The van der Waals surface area contributed by atoms with Gasteiger partial charge in [-0.1, -0.05) is 30.3 Å². The monoisotopic (exact) mass is 402 g/mol. The van der Waals surface area contributed by atoms with Crippen LogP contribution in [0.3, 0.4) is 0 Å². The lowest BCUT2D eigenvalue weighted by Gasteiger charge is -2.36. The SMILES string of the molecule is O=C(c1ccc(C(F)(F)F)cc1)N1CCN(C(=O)C2(c3ccccc3)CC2)CC1. The number of hydrogen-bond donors (Lipinski definition) is 0. The molecule has 1 aliphatic heterocycles. The van der Waals surface area contributed by atoms with Crippen LogP contribution in [0.25, 0.3) is 0 Å². The molecule has 7 heteroatoms. The van der Waals surface area contributed by atoms with Gasteiger partial charge in [0.15, 0.2) is 0 Å². The van der Waals surface area contributed by atoms with Crippen LogP contribution in [0.15, 0.2) is 54.6 Å². The van der Waals surface area contributed by atoms with Crippen molar-refractivity contribution in [3.8, 4) is 0 Å². The maximum atomic E-state index is 13.1. The Hall–Kier alpha value is -2.83. The summed E-state index contributed by atoms with van der Waals surface area (Å²) in [4.78, 5) is 29.1. The summed E-state index contributed by atoms with van der Waals surface area (Å²) in [6, 6.07) is 14.0. The van der Waals surface area contributed by atoms with Crippen LogP contribution in [0.2, 0.25) is 0 Å². The van der Waals surface area contributed by atoms with Crippen LogP contribution in [-0.2, 0) is 16.4 Å². The van der Waals surface area contributed by atoms with Gasteiger partial charge in [-0.3, -0.25) is 9.59 Å². The summed E-state index contributed by atoms with van der Waals surface area (Å²) >= 11 is 0. The average Bonchev–Trinajstić information content (AvgIpc) is 3.55. The van der Waals surface area contributed by atoms with Crippen molar-refractivity contribution in [3.05, 3.63) is 71.3 Å². The summed E-state index contributed by atoms with van der Waals surface area (Å²) in [5.74, 6) is -0.208. The van der Waals surface area contributed by atoms with Crippen LogP contribution in [-0.4, -0.2) is 47.8 Å². The maximum Gasteiger partial charge on any atom is 0.416 e. The molecule has 2 aromatic carbocycles. The smallest absolute Gasteiger partial charge is 0.338 e. The molecule has 2 aromatic rings. The largest absolute Gasteiger partial charge is 0.416 e. The van der Waals surface area contributed by atoms with E-state index in [-0.39, 0.29) is 17.4 Å². The number of nitrogens with zero attached hydrogens (tertiary/aromatic N) is 2. The molecule has 0 radical (unpaired) electrons. The Morgan fingerprint density at radius 1 is 0.793 bits per heavy atom. The van der Waals surface area contributed by atoms with Crippen LogP contribution in [0.5, 0.6) is 0 Å². The highest BCUT2D eigenvalue weighted by Gasteiger charge is 2.53. The second-order valence-corrected chi connectivity index (χ2v) is 7.61. The highest BCUT2D eigenvalue weighted by atomic mass is 19.4. The molecule has 2 fully saturated rings. The molecule has 29 heavy (non-hydrogen) atoms. The van der Waals surface area contributed by atoms with E-state index >= 15 is 0 Å². The minimum Gasteiger partial charge on any atom is -0.338 e. The number of carbonyl (C=O) groups excluding carboxylic acids is 2. The fourth-order valence-corrected chi connectivity index (χ4v) is 3.91. The van der Waals surface area contributed by atoms with Crippen molar-refractivity contribution >= 4 is 11.8 Å². The number of rotatable bonds is 3. The van der Waals surface area contributed by atoms with Crippen LogP contribution in [0, 0.1) is 0 Å². The quantitative estimate of drug-likeness (QED) is 0.785. The van der Waals surface area contributed by atoms with Gasteiger partial charge in [0.2, 0.25) is 5.91 Å². The topological polar surface area (TPSA) is 40.6 Å². The lowest BCUT2D eigenvalue weighted by atomic mass is 9.94. The molecule has 152 valence electrons. The van der Waals surface area contributed by atoms with Gasteiger partial charge in [-0.2, -0.15) is 13.2 Å². The second kappa shape index (κ2) is 7.21. The van der Waals surface area contributed by atoms with Crippen molar-refractivity contribution in [1.82, 2.24) is 9.80 Å². The predicted octanol–water partition coefficient (Wildman–Crippen LogP) is 3.72.